The Bertz CT molecular complexity index is 1120. The van der Waals surface area contributed by atoms with Gasteiger partial charge in [0, 0.05) is 17.9 Å². The van der Waals surface area contributed by atoms with E-state index in [4.69, 9.17) is 4.74 Å². The van der Waals surface area contributed by atoms with Gasteiger partial charge in [-0.15, -0.1) is 0 Å². The topological polar surface area (TPSA) is 105 Å². The van der Waals surface area contributed by atoms with E-state index in [1.165, 1.54) is 0 Å². The Kier molecular flexibility index (Phi) is 7.29. The lowest BCUT2D eigenvalue weighted by Crippen LogP contribution is -3.00. The van der Waals surface area contributed by atoms with Crippen molar-refractivity contribution in [3.63, 3.8) is 0 Å². The van der Waals surface area contributed by atoms with Crippen LogP contribution in [0.5, 0.6) is 0 Å². The molecule has 36 heavy (non-hydrogen) atoms. The van der Waals surface area contributed by atoms with Crippen molar-refractivity contribution < 1.29 is 57.9 Å². The van der Waals surface area contributed by atoms with Crippen LogP contribution in [0.25, 0.3) is 0 Å². The van der Waals surface area contributed by atoms with Crippen molar-refractivity contribution in [2.75, 3.05) is 6.61 Å². The molecule has 1 aromatic heterocycles. The number of halogens is 1. The van der Waals surface area contributed by atoms with Gasteiger partial charge >= 0.3 is 5.97 Å². The number of fused-ring (bicyclic) bond motifs is 5. The molecule has 0 amide bonds. The third kappa shape index (κ3) is 4.07. The van der Waals surface area contributed by atoms with Crippen LogP contribution in [0.2, 0.25) is 0 Å². The first kappa shape index (κ1) is 27.4. The van der Waals surface area contributed by atoms with Gasteiger partial charge in [-0.1, -0.05) is 19.4 Å². The minimum absolute atomic E-state index is 0. The van der Waals surface area contributed by atoms with Gasteiger partial charge in [-0.2, -0.15) is 0 Å². The zero-order valence-corrected chi connectivity index (χ0v) is 23.4. The van der Waals surface area contributed by atoms with Crippen LogP contribution in [0.1, 0.15) is 69.2 Å². The molecule has 2 N–H and O–H groups in total. The highest BCUT2D eigenvalue weighted by Crippen LogP contribution is 2.67. The largest absolute Gasteiger partial charge is 1.00 e. The molecule has 7 nitrogen and oxygen atoms in total. The molecule has 0 aromatic carbocycles. The molecule has 4 aliphatic carbocycles. The van der Waals surface area contributed by atoms with Gasteiger partial charge in [0.25, 0.3) is 0 Å². The highest BCUT2D eigenvalue weighted by Gasteiger charge is 2.68. The number of allylic oxidation sites excluding steroid dienone is 1. The van der Waals surface area contributed by atoms with Crippen molar-refractivity contribution >= 4 is 17.5 Å². The summed E-state index contributed by atoms with van der Waals surface area (Å²) >= 11 is 0. The first-order valence-corrected chi connectivity index (χ1v) is 12.8. The third-order valence-corrected chi connectivity index (χ3v) is 10.0. The number of pyridine rings is 1. The molecule has 8 heteroatoms. The summed E-state index contributed by atoms with van der Waals surface area (Å²) in [6.07, 6.45) is 8.78. The number of hydrogen-bond acceptors (Lipinski definition) is 6. The lowest BCUT2D eigenvalue weighted by Gasteiger charge is -2.60. The SMILES string of the molecule is C[n+]1cccc(C(=O)OCC(=O)[C@@]2(O)CCC3C4CCC5=CC(=O)CC[C@]5(C)C4[C@@H](O)C[C@@]32C)c1.[I-]. The molecule has 0 aliphatic heterocycles. The summed E-state index contributed by atoms with van der Waals surface area (Å²) in [6, 6.07) is 3.35. The van der Waals surface area contributed by atoms with Crippen molar-refractivity contribution in [2.45, 2.75) is 70.5 Å². The van der Waals surface area contributed by atoms with E-state index in [2.05, 4.69) is 6.92 Å². The van der Waals surface area contributed by atoms with Crippen molar-refractivity contribution in [3.8, 4) is 0 Å². The first-order valence-electron chi connectivity index (χ1n) is 12.8. The number of ketones is 2. The number of aliphatic hydroxyl groups excluding tert-OH is 1. The number of carbonyl (C=O) groups excluding carboxylic acids is 3. The number of esters is 1. The summed E-state index contributed by atoms with van der Waals surface area (Å²) in [5, 5.41) is 23.2. The minimum Gasteiger partial charge on any atom is -1.00 e. The van der Waals surface area contributed by atoms with Crippen molar-refractivity contribution in [1.29, 1.82) is 0 Å². The molecule has 1 aromatic rings. The molecular formula is C28H36INO6. The predicted octanol–water partition coefficient (Wildman–Crippen LogP) is -0.525. The summed E-state index contributed by atoms with van der Waals surface area (Å²) < 4.78 is 7.04. The van der Waals surface area contributed by atoms with Crippen LogP contribution >= 0.6 is 0 Å². The van der Waals surface area contributed by atoms with E-state index in [0.717, 1.165) is 24.8 Å². The van der Waals surface area contributed by atoms with Gasteiger partial charge in [0.15, 0.2) is 24.8 Å². The molecule has 1 heterocycles. The summed E-state index contributed by atoms with van der Waals surface area (Å²) in [6.45, 7) is 3.62. The Hall–Kier alpha value is -1.65. The number of aryl methyl sites for hydroxylation is 1. The Balaban J connectivity index is 0.00000304. The van der Waals surface area contributed by atoms with Gasteiger partial charge in [0.05, 0.1) is 6.10 Å². The average molecular weight is 610 g/mol. The number of Topliss-reactive ketones (excluding diaryl/α,β-unsaturated/α-hetero) is 1. The van der Waals surface area contributed by atoms with Crippen LogP contribution in [0, 0.1) is 28.6 Å². The summed E-state index contributed by atoms with van der Waals surface area (Å²) in [4.78, 5) is 37.9. The van der Waals surface area contributed by atoms with E-state index in [-0.39, 0.29) is 52.9 Å². The summed E-state index contributed by atoms with van der Waals surface area (Å²) in [5.41, 5.74) is -1.16. The predicted molar refractivity (Wildman–Crippen MR) is 126 cm³/mol. The van der Waals surface area contributed by atoms with Crippen LogP contribution in [0.15, 0.2) is 36.2 Å². The van der Waals surface area contributed by atoms with E-state index in [0.29, 0.717) is 31.2 Å². The van der Waals surface area contributed by atoms with E-state index in [1.54, 1.807) is 42.2 Å². The average Bonchev–Trinajstić information content (AvgIpc) is 3.08. The third-order valence-electron chi connectivity index (χ3n) is 10.0. The maximum absolute atomic E-state index is 13.4. The molecule has 196 valence electrons. The standard InChI is InChI=1S/C28H36NO6.HI/c1-26-10-8-19(30)13-18(26)6-7-20-21-9-11-28(34,27(21,2)14-22(31)24(20)26)23(32)16-35-25(33)17-5-4-12-29(3)15-17;/h4-5,12-13,15,20-22,24,31,34H,6-11,14,16H2,1-3H3;1H/q+1;/p-1/t20?,21?,22-,24?,26-,27-,28-;/m0./s1. The molecule has 7 atom stereocenters. The van der Waals surface area contributed by atoms with E-state index < -0.39 is 35.5 Å². The van der Waals surface area contributed by atoms with Crippen molar-refractivity contribution in [2.24, 2.45) is 35.6 Å². The van der Waals surface area contributed by atoms with E-state index in [9.17, 15) is 24.6 Å². The van der Waals surface area contributed by atoms with Gasteiger partial charge in [0.1, 0.15) is 18.2 Å². The number of hydrogen-bond donors (Lipinski definition) is 2. The van der Waals surface area contributed by atoms with Crippen molar-refractivity contribution in [1.82, 2.24) is 0 Å². The number of rotatable bonds is 4. The van der Waals surface area contributed by atoms with Gasteiger partial charge in [-0.25, -0.2) is 9.36 Å². The second-order valence-corrected chi connectivity index (χ2v) is 11.7. The highest BCUT2D eigenvalue weighted by molar-refractivity contribution is 5.94. The highest BCUT2D eigenvalue weighted by atomic mass is 127. The quantitative estimate of drug-likeness (QED) is 0.271. The Morgan fingerprint density at radius 1 is 1.19 bits per heavy atom. The van der Waals surface area contributed by atoms with Crippen LogP contribution < -0.4 is 28.5 Å². The number of aliphatic hydroxyl groups is 2. The Morgan fingerprint density at radius 3 is 2.67 bits per heavy atom. The Morgan fingerprint density at radius 2 is 1.94 bits per heavy atom. The molecule has 0 bridgehead atoms. The second kappa shape index (κ2) is 9.58. The summed E-state index contributed by atoms with van der Waals surface area (Å²) in [7, 11) is 1.79. The fourth-order valence-electron chi connectivity index (χ4n) is 8.19. The molecule has 4 aliphatic rings. The number of aromatic nitrogens is 1. The zero-order valence-electron chi connectivity index (χ0n) is 21.2. The van der Waals surface area contributed by atoms with E-state index in [1.807, 2.05) is 6.92 Å². The lowest BCUT2D eigenvalue weighted by atomic mass is 9.45. The molecule has 0 saturated heterocycles. The molecule has 3 saturated carbocycles. The normalized spacial score (nSPS) is 39.1. The number of carbonyl (C=O) groups is 3. The van der Waals surface area contributed by atoms with Gasteiger partial charge in [-0.3, -0.25) is 9.59 Å². The minimum atomic E-state index is -1.65. The summed E-state index contributed by atoms with van der Waals surface area (Å²) in [5.74, 6) is -0.647. The maximum Gasteiger partial charge on any atom is 0.344 e. The van der Waals surface area contributed by atoms with Crippen LogP contribution in [0.3, 0.4) is 0 Å². The fourth-order valence-corrected chi connectivity index (χ4v) is 8.19. The smallest absolute Gasteiger partial charge is 0.344 e. The van der Waals surface area contributed by atoms with Crippen LogP contribution in [0.4, 0.5) is 0 Å². The van der Waals surface area contributed by atoms with E-state index >= 15 is 0 Å². The molecule has 3 fully saturated rings. The molecule has 0 radical (unpaired) electrons. The molecule has 0 spiro atoms. The number of nitrogens with zero attached hydrogens (tertiary/aromatic N) is 1. The fraction of sp³-hybridized carbons (Fsp3) is 0.643. The molecular weight excluding hydrogens is 573 g/mol. The van der Waals surface area contributed by atoms with Crippen LogP contribution in [-0.2, 0) is 21.4 Å². The Labute approximate surface area is 229 Å². The first-order chi connectivity index (χ1) is 16.5. The maximum atomic E-state index is 13.4. The monoisotopic (exact) mass is 609 g/mol. The second-order valence-electron chi connectivity index (χ2n) is 11.7. The van der Waals surface area contributed by atoms with Crippen LogP contribution in [-0.4, -0.2) is 46.1 Å². The van der Waals surface area contributed by atoms with Gasteiger partial charge in [0.2, 0.25) is 5.78 Å². The van der Waals surface area contributed by atoms with Gasteiger partial charge < -0.3 is 38.9 Å². The number of ether oxygens (including phenoxy) is 1. The molecule has 3 unspecified atom stereocenters. The zero-order chi connectivity index (χ0) is 25.2. The van der Waals surface area contributed by atoms with Gasteiger partial charge in [-0.05, 0) is 73.8 Å². The van der Waals surface area contributed by atoms with Crippen molar-refractivity contribution in [3.05, 3.63) is 41.7 Å². The lowest BCUT2D eigenvalue weighted by molar-refractivity contribution is -0.671. The molecule has 5 rings (SSSR count).